The van der Waals surface area contributed by atoms with Gasteiger partial charge in [-0.05, 0) is 70.8 Å². The third kappa shape index (κ3) is 3.05. The molecule has 2 aromatic heterocycles. The van der Waals surface area contributed by atoms with Crippen molar-refractivity contribution in [3.63, 3.8) is 0 Å². The van der Waals surface area contributed by atoms with Crippen LogP contribution in [0.15, 0.2) is 34.9 Å². The molecule has 3 aromatic rings. The fourth-order valence-electron chi connectivity index (χ4n) is 5.56. The molecule has 2 atom stereocenters. The van der Waals surface area contributed by atoms with Gasteiger partial charge in [0.2, 0.25) is 0 Å². The highest BCUT2D eigenvalue weighted by Crippen LogP contribution is 2.56. The van der Waals surface area contributed by atoms with E-state index in [1.807, 2.05) is 36.2 Å². The zero-order chi connectivity index (χ0) is 21.1. The molecule has 5 rings (SSSR count). The van der Waals surface area contributed by atoms with Crippen LogP contribution in [0, 0.1) is 11.7 Å². The zero-order valence-corrected chi connectivity index (χ0v) is 19.5. The number of hydrogen-bond donors (Lipinski definition) is 1. The van der Waals surface area contributed by atoms with E-state index in [4.69, 9.17) is 0 Å². The summed E-state index contributed by atoms with van der Waals surface area (Å²) in [6.45, 7) is 11.6. The quantitative estimate of drug-likeness (QED) is 0.529. The molecule has 7 heteroatoms. The molecule has 0 radical (unpaired) electrons. The SMILES string of the molecule is CCN1CC[C@@H](C2(C)Cc3c(Nc4ccc5scnc5c4F)ccnc3S2)C1(C)C. The molecule has 0 bridgehead atoms. The Balaban J connectivity index is 1.46. The van der Waals surface area contributed by atoms with E-state index < -0.39 is 0 Å². The van der Waals surface area contributed by atoms with Gasteiger partial charge in [0.15, 0.2) is 5.82 Å². The van der Waals surface area contributed by atoms with E-state index in [9.17, 15) is 4.39 Å². The molecule has 1 aromatic carbocycles. The third-order valence-electron chi connectivity index (χ3n) is 7.06. The molecule has 30 heavy (non-hydrogen) atoms. The number of benzene rings is 1. The molecule has 2 aliphatic heterocycles. The number of hydrogen-bond acceptors (Lipinski definition) is 6. The molecular formula is C23H27FN4S2. The second-order valence-electron chi connectivity index (χ2n) is 9.06. The van der Waals surface area contributed by atoms with Crippen molar-refractivity contribution >= 4 is 44.7 Å². The second-order valence-corrected chi connectivity index (χ2v) is 11.5. The molecule has 4 heterocycles. The fraction of sp³-hybridized carbons (Fsp3) is 0.478. The predicted molar refractivity (Wildman–Crippen MR) is 124 cm³/mol. The Hall–Kier alpha value is -1.70. The van der Waals surface area contributed by atoms with Crippen LogP contribution in [0.4, 0.5) is 15.8 Å². The van der Waals surface area contributed by atoms with Gasteiger partial charge < -0.3 is 5.32 Å². The van der Waals surface area contributed by atoms with E-state index in [2.05, 4.69) is 47.9 Å². The number of nitrogens with one attached hydrogen (secondary N) is 1. The van der Waals surface area contributed by atoms with Crippen molar-refractivity contribution in [2.75, 3.05) is 18.4 Å². The standard InChI is InChI=1S/C23H27FN4S2/c1-5-28-11-9-18(22(28,2)3)23(4)12-14-15(8-10-25-21(14)30-23)27-16-6-7-17-20(19(16)24)26-13-29-17/h6-8,10,13,18H,5,9,11-12H2,1-4H3,(H,25,27)/t18-,23?/m1/s1. The molecule has 0 amide bonds. The van der Waals surface area contributed by atoms with Gasteiger partial charge in [-0.25, -0.2) is 14.4 Å². The second kappa shape index (κ2) is 7.18. The summed E-state index contributed by atoms with van der Waals surface area (Å²) in [7, 11) is 0. The molecule has 158 valence electrons. The first-order valence-corrected chi connectivity index (χ1v) is 12.2. The van der Waals surface area contributed by atoms with E-state index in [0.717, 1.165) is 34.9 Å². The summed E-state index contributed by atoms with van der Waals surface area (Å²) in [5.74, 6) is 0.281. The van der Waals surface area contributed by atoms with Gasteiger partial charge in [0.05, 0.1) is 15.9 Å². The van der Waals surface area contributed by atoms with Gasteiger partial charge in [-0.3, -0.25) is 4.90 Å². The topological polar surface area (TPSA) is 41.0 Å². The van der Waals surface area contributed by atoms with Crippen molar-refractivity contribution in [1.29, 1.82) is 0 Å². The average Bonchev–Trinajstić information content (AvgIpc) is 3.39. The molecule has 1 unspecified atom stereocenters. The summed E-state index contributed by atoms with van der Waals surface area (Å²) in [5.41, 5.74) is 4.91. The number of anilines is 2. The lowest BCUT2D eigenvalue weighted by Crippen LogP contribution is -2.49. The molecule has 0 saturated carbocycles. The van der Waals surface area contributed by atoms with Gasteiger partial charge >= 0.3 is 0 Å². The molecule has 2 aliphatic rings. The van der Waals surface area contributed by atoms with Gasteiger partial charge in [0.25, 0.3) is 0 Å². The lowest BCUT2D eigenvalue weighted by atomic mass is 9.76. The largest absolute Gasteiger partial charge is 0.353 e. The summed E-state index contributed by atoms with van der Waals surface area (Å²) < 4.78 is 15.9. The highest BCUT2D eigenvalue weighted by molar-refractivity contribution is 8.01. The highest BCUT2D eigenvalue weighted by Gasteiger charge is 2.53. The Morgan fingerprint density at radius 3 is 2.80 bits per heavy atom. The number of fused-ring (bicyclic) bond motifs is 2. The number of pyridine rings is 1. The number of thioether (sulfide) groups is 1. The summed E-state index contributed by atoms with van der Waals surface area (Å²) in [6.07, 6.45) is 3.98. The van der Waals surface area contributed by atoms with Crippen molar-refractivity contribution in [2.24, 2.45) is 5.92 Å². The maximum atomic E-state index is 15.0. The van der Waals surface area contributed by atoms with Gasteiger partial charge in [-0.15, -0.1) is 11.3 Å². The molecule has 1 saturated heterocycles. The molecule has 4 nitrogen and oxygen atoms in total. The first-order valence-electron chi connectivity index (χ1n) is 10.5. The zero-order valence-electron chi connectivity index (χ0n) is 17.8. The van der Waals surface area contributed by atoms with E-state index >= 15 is 0 Å². The first kappa shape index (κ1) is 20.2. The Bertz CT molecular complexity index is 1110. The predicted octanol–water partition coefficient (Wildman–Crippen LogP) is 6.10. The van der Waals surface area contributed by atoms with Crippen molar-refractivity contribution in [1.82, 2.24) is 14.9 Å². The molecule has 1 fully saturated rings. The van der Waals surface area contributed by atoms with Crippen LogP contribution in [0.5, 0.6) is 0 Å². The van der Waals surface area contributed by atoms with Crippen LogP contribution in [-0.4, -0.2) is 38.2 Å². The Morgan fingerprint density at radius 2 is 2.03 bits per heavy atom. The van der Waals surface area contributed by atoms with Crippen LogP contribution in [0.25, 0.3) is 10.2 Å². The normalized spacial score (nSPS) is 25.7. The highest BCUT2D eigenvalue weighted by atomic mass is 32.2. The number of aromatic nitrogens is 2. The number of likely N-dealkylation sites (tertiary alicyclic amines) is 1. The lowest BCUT2D eigenvalue weighted by molar-refractivity contribution is 0.128. The van der Waals surface area contributed by atoms with E-state index in [-0.39, 0.29) is 16.1 Å². The van der Waals surface area contributed by atoms with Crippen LogP contribution in [0.3, 0.4) is 0 Å². The van der Waals surface area contributed by atoms with Crippen LogP contribution in [-0.2, 0) is 6.42 Å². The van der Waals surface area contributed by atoms with Crippen molar-refractivity contribution in [3.05, 3.63) is 41.3 Å². The summed E-state index contributed by atoms with van der Waals surface area (Å²) in [5, 5.41) is 4.42. The Labute approximate surface area is 185 Å². The lowest BCUT2D eigenvalue weighted by Gasteiger charge is -2.43. The van der Waals surface area contributed by atoms with Gasteiger partial charge in [0.1, 0.15) is 10.5 Å². The summed E-state index contributed by atoms with van der Waals surface area (Å²) >= 11 is 3.36. The Kier molecular flexibility index (Phi) is 4.84. The monoisotopic (exact) mass is 442 g/mol. The van der Waals surface area contributed by atoms with Gasteiger partial charge in [-0.2, -0.15) is 0 Å². The van der Waals surface area contributed by atoms with Crippen molar-refractivity contribution in [3.8, 4) is 0 Å². The molecule has 1 N–H and O–H groups in total. The Morgan fingerprint density at radius 1 is 1.20 bits per heavy atom. The van der Waals surface area contributed by atoms with Crippen LogP contribution < -0.4 is 5.32 Å². The minimum atomic E-state index is -0.289. The van der Waals surface area contributed by atoms with Crippen molar-refractivity contribution < 1.29 is 4.39 Å². The third-order valence-corrected chi connectivity index (χ3v) is 9.29. The fourth-order valence-corrected chi connectivity index (χ4v) is 7.85. The van der Waals surface area contributed by atoms with E-state index in [0.29, 0.717) is 17.1 Å². The first-order chi connectivity index (χ1) is 14.3. The smallest absolute Gasteiger partial charge is 0.173 e. The average molecular weight is 443 g/mol. The molecule has 0 aliphatic carbocycles. The van der Waals surface area contributed by atoms with Crippen LogP contribution >= 0.6 is 23.1 Å². The van der Waals surface area contributed by atoms with Crippen molar-refractivity contribution in [2.45, 2.75) is 55.8 Å². The van der Waals surface area contributed by atoms with Gasteiger partial charge in [0, 0.05) is 27.7 Å². The maximum Gasteiger partial charge on any atom is 0.173 e. The van der Waals surface area contributed by atoms with E-state index in [1.54, 1.807) is 5.51 Å². The van der Waals surface area contributed by atoms with Crippen LogP contribution in [0.2, 0.25) is 0 Å². The van der Waals surface area contributed by atoms with E-state index in [1.165, 1.54) is 23.3 Å². The summed E-state index contributed by atoms with van der Waals surface area (Å²) in [4.78, 5) is 11.5. The number of thiazole rings is 1. The number of rotatable bonds is 4. The van der Waals surface area contributed by atoms with Crippen LogP contribution in [0.1, 0.15) is 39.7 Å². The number of nitrogens with zero attached hydrogens (tertiary/aromatic N) is 3. The maximum absolute atomic E-state index is 15.0. The molecular weight excluding hydrogens is 415 g/mol. The minimum Gasteiger partial charge on any atom is -0.353 e. The van der Waals surface area contributed by atoms with Gasteiger partial charge in [-0.1, -0.05) is 18.7 Å². The minimum absolute atomic E-state index is 0.0813. The summed E-state index contributed by atoms with van der Waals surface area (Å²) in [6, 6.07) is 5.70. The number of halogens is 1. The molecule has 0 spiro atoms.